The van der Waals surface area contributed by atoms with Gasteiger partial charge in [0.05, 0.1) is 10.4 Å². The molecule has 5 nitrogen and oxygen atoms in total. The Kier molecular flexibility index (Phi) is 8.97. The van der Waals surface area contributed by atoms with E-state index in [1.807, 2.05) is 49.5 Å². The number of carbonyl (C=O) groups excluding carboxylic acids is 1. The molecular formula is C21H25N3O2S2. The predicted molar refractivity (Wildman–Crippen MR) is 119 cm³/mol. The highest BCUT2D eigenvalue weighted by molar-refractivity contribution is 8.01. The van der Waals surface area contributed by atoms with E-state index in [0.29, 0.717) is 11.0 Å². The number of thiazole rings is 1. The fraction of sp³-hybridized carbons (Fsp3) is 0.286. The molecule has 2 aromatic rings. The third kappa shape index (κ3) is 7.70. The summed E-state index contributed by atoms with van der Waals surface area (Å²) in [5.74, 6) is 1.15. The molecule has 0 saturated carbocycles. The van der Waals surface area contributed by atoms with Crippen LogP contribution in [-0.2, 0) is 11.3 Å². The van der Waals surface area contributed by atoms with Crippen LogP contribution in [0, 0.1) is 5.92 Å². The fourth-order valence-electron chi connectivity index (χ4n) is 2.07. The molecule has 1 N–H and O–H groups in total. The highest BCUT2D eigenvalue weighted by atomic mass is 32.2. The third-order valence-corrected chi connectivity index (χ3v) is 5.93. The van der Waals surface area contributed by atoms with Crippen molar-refractivity contribution in [1.29, 1.82) is 0 Å². The first-order valence-electron chi connectivity index (χ1n) is 8.90. The van der Waals surface area contributed by atoms with Gasteiger partial charge >= 0.3 is 6.09 Å². The Labute approximate surface area is 174 Å². The van der Waals surface area contributed by atoms with E-state index in [-0.39, 0.29) is 6.61 Å². The number of benzene rings is 1. The number of amides is 1. The molecule has 2 rings (SSSR count). The maximum absolute atomic E-state index is 11.9. The van der Waals surface area contributed by atoms with Crippen molar-refractivity contribution < 1.29 is 9.53 Å². The number of hydrogen-bond acceptors (Lipinski definition) is 6. The Balaban J connectivity index is 1.80. The van der Waals surface area contributed by atoms with Crippen molar-refractivity contribution in [3.05, 3.63) is 66.5 Å². The highest BCUT2D eigenvalue weighted by Crippen LogP contribution is 2.28. The van der Waals surface area contributed by atoms with Gasteiger partial charge < -0.3 is 4.74 Å². The first-order valence-corrected chi connectivity index (χ1v) is 10.7. The summed E-state index contributed by atoms with van der Waals surface area (Å²) in [6, 6.07) is 9.54. The Bertz CT molecular complexity index is 842. The summed E-state index contributed by atoms with van der Waals surface area (Å²) in [6.45, 7) is 10.3. The van der Waals surface area contributed by atoms with Gasteiger partial charge in [-0.1, -0.05) is 68.2 Å². The maximum atomic E-state index is 11.9. The van der Waals surface area contributed by atoms with Crippen LogP contribution in [0.4, 0.5) is 9.93 Å². The minimum Gasteiger partial charge on any atom is -0.444 e. The van der Waals surface area contributed by atoms with Crippen molar-refractivity contribution >= 4 is 40.0 Å². The molecule has 0 radical (unpaired) electrons. The number of anilines is 1. The number of hydrogen-bond donors (Lipinski definition) is 1. The Hall–Kier alpha value is -2.38. The zero-order valence-electron chi connectivity index (χ0n) is 16.3. The second kappa shape index (κ2) is 11.5. The molecule has 1 heterocycles. The fourth-order valence-corrected chi connectivity index (χ4v) is 3.80. The van der Waals surface area contributed by atoms with Crippen LogP contribution in [0.25, 0.3) is 0 Å². The first kappa shape index (κ1) is 21.9. The number of carbonyl (C=O) groups is 1. The van der Waals surface area contributed by atoms with Gasteiger partial charge in [-0.15, -0.1) is 11.8 Å². The molecule has 1 aromatic heterocycles. The van der Waals surface area contributed by atoms with Crippen LogP contribution in [0.15, 0.2) is 70.2 Å². The predicted octanol–water partition coefficient (Wildman–Crippen LogP) is 6.17. The third-order valence-electron chi connectivity index (χ3n) is 3.67. The lowest BCUT2D eigenvalue weighted by Gasteiger charge is -2.04. The number of aromatic nitrogens is 1. The van der Waals surface area contributed by atoms with Gasteiger partial charge in [0.2, 0.25) is 0 Å². The molecule has 0 aliphatic carbocycles. The van der Waals surface area contributed by atoms with Gasteiger partial charge in [-0.2, -0.15) is 0 Å². The van der Waals surface area contributed by atoms with Gasteiger partial charge in [0.1, 0.15) is 6.61 Å². The van der Waals surface area contributed by atoms with E-state index in [0.717, 1.165) is 26.8 Å². The summed E-state index contributed by atoms with van der Waals surface area (Å²) in [7, 11) is 0. The molecule has 1 amide bonds. The van der Waals surface area contributed by atoms with Crippen molar-refractivity contribution in [2.24, 2.45) is 10.9 Å². The van der Waals surface area contributed by atoms with Crippen molar-refractivity contribution in [1.82, 2.24) is 4.98 Å². The Morgan fingerprint density at radius 3 is 2.82 bits per heavy atom. The van der Waals surface area contributed by atoms with Crippen molar-refractivity contribution in [2.45, 2.75) is 31.6 Å². The highest BCUT2D eigenvalue weighted by Gasteiger charge is 2.08. The molecule has 0 aliphatic heterocycles. The second-order valence-corrected chi connectivity index (χ2v) is 8.62. The van der Waals surface area contributed by atoms with Gasteiger partial charge in [-0.05, 0) is 24.0 Å². The average molecular weight is 416 g/mol. The topological polar surface area (TPSA) is 63.6 Å². The Morgan fingerprint density at radius 1 is 1.39 bits per heavy atom. The molecule has 0 saturated heterocycles. The van der Waals surface area contributed by atoms with Crippen LogP contribution in [0.1, 0.15) is 26.3 Å². The van der Waals surface area contributed by atoms with Gasteiger partial charge in [0.25, 0.3) is 0 Å². The lowest BCUT2D eigenvalue weighted by molar-refractivity contribution is 0.155. The summed E-state index contributed by atoms with van der Waals surface area (Å²) in [5, 5.41) is 3.18. The van der Waals surface area contributed by atoms with E-state index in [4.69, 9.17) is 4.74 Å². The van der Waals surface area contributed by atoms with Crippen molar-refractivity contribution in [3.63, 3.8) is 0 Å². The molecule has 0 aliphatic rings. The van der Waals surface area contributed by atoms with Gasteiger partial charge in [-0.3, -0.25) is 10.3 Å². The minimum atomic E-state index is -0.511. The SMILES string of the molecule is C=C/C(=C\N=C(C)CSc1cnc(NC(=O)OCc2ccccc2)s1)C(C)C. The van der Waals surface area contributed by atoms with E-state index < -0.39 is 6.09 Å². The lowest BCUT2D eigenvalue weighted by Crippen LogP contribution is -2.13. The quantitative estimate of drug-likeness (QED) is 0.302. The zero-order chi connectivity index (χ0) is 20.4. The number of rotatable bonds is 9. The van der Waals surface area contributed by atoms with E-state index in [9.17, 15) is 4.79 Å². The number of nitrogens with zero attached hydrogens (tertiary/aromatic N) is 2. The number of nitrogens with one attached hydrogen (secondary N) is 1. The smallest absolute Gasteiger partial charge is 0.413 e. The van der Waals surface area contributed by atoms with Crippen LogP contribution < -0.4 is 5.32 Å². The number of aliphatic imine (C=N–C) groups is 1. The molecule has 0 bridgehead atoms. The summed E-state index contributed by atoms with van der Waals surface area (Å²) in [5.41, 5.74) is 3.06. The zero-order valence-corrected chi connectivity index (χ0v) is 18.0. The molecule has 0 spiro atoms. The van der Waals surface area contributed by atoms with Gasteiger partial charge in [0.15, 0.2) is 5.13 Å². The lowest BCUT2D eigenvalue weighted by atomic mass is 10.1. The summed E-state index contributed by atoms with van der Waals surface area (Å²) >= 11 is 3.04. The van der Waals surface area contributed by atoms with E-state index in [1.54, 1.807) is 18.0 Å². The molecule has 0 fully saturated rings. The van der Waals surface area contributed by atoms with Crippen molar-refractivity contribution in [3.8, 4) is 0 Å². The van der Waals surface area contributed by atoms with Crippen LogP contribution >= 0.6 is 23.1 Å². The summed E-state index contributed by atoms with van der Waals surface area (Å²) < 4.78 is 6.20. The number of ether oxygens (including phenoxy) is 1. The molecule has 0 atom stereocenters. The standard InChI is InChI=1S/C21H25N3O2S2/c1-5-18(15(2)3)11-22-16(4)14-27-19-12-23-20(28-19)24-21(25)26-13-17-9-7-6-8-10-17/h5-12,15H,1,13-14H2,2-4H3,(H,23,24,25)/b18-11+,22-16?. The van der Waals surface area contributed by atoms with E-state index >= 15 is 0 Å². The molecule has 1 aromatic carbocycles. The number of allylic oxidation sites excluding steroid dienone is 2. The monoisotopic (exact) mass is 415 g/mol. The van der Waals surface area contributed by atoms with Crippen LogP contribution in [0.3, 0.4) is 0 Å². The van der Waals surface area contributed by atoms with E-state index in [1.165, 1.54) is 11.3 Å². The molecular weight excluding hydrogens is 390 g/mol. The van der Waals surface area contributed by atoms with Gasteiger partial charge in [-0.25, -0.2) is 9.78 Å². The summed E-state index contributed by atoms with van der Waals surface area (Å²) in [6.07, 6.45) is 4.94. The summed E-state index contributed by atoms with van der Waals surface area (Å²) in [4.78, 5) is 20.6. The normalized spacial score (nSPS) is 12.1. The van der Waals surface area contributed by atoms with Crippen LogP contribution in [0.5, 0.6) is 0 Å². The second-order valence-electron chi connectivity index (χ2n) is 6.31. The molecule has 28 heavy (non-hydrogen) atoms. The van der Waals surface area contributed by atoms with Crippen LogP contribution in [-0.4, -0.2) is 22.5 Å². The minimum absolute atomic E-state index is 0.228. The molecule has 0 unspecified atom stereocenters. The first-order chi connectivity index (χ1) is 13.5. The number of thioether (sulfide) groups is 1. The van der Waals surface area contributed by atoms with Crippen molar-refractivity contribution in [2.75, 3.05) is 11.1 Å². The molecule has 7 heteroatoms. The van der Waals surface area contributed by atoms with E-state index in [2.05, 4.69) is 35.7 Å². The average Bonchev–Trinajstić information content (AvgIpc) is 3.13. The molecule has 148 valence electrons. The van der Waals surface area contributed by atoms with Gasteiger partial charge in [0, 0.05) is 17.7 Å². The maximum Gasteiger partial charge on any atom is 0.413 e. The largest absolute Gasteiger partial charge is 0.444 e. The van der Waals surface area contributed by atoms with Crippen LogP contribution in [0.2, 0.25) is 0 Å². The Morgan fingerprint density at radius 2 is 2.14 bits per heavy atom.